The third kappa shape index (κ3) is 3.81. The second-order valence-electron chi connectivity index (χ2n) is 5.32. The summed E-state index contributed by atoms with van der Waals surface area (Å²) < 4.78 is 16.0. The number of ether oxygens (including phenoxy) is 2. The maximum atomic E-state index is 12.3. The third-order valence-electron chi connectivity index (χ3n) is 3.58. The largest absolute Gasteiger partial charge is 0.497 e. The number of hydrogen-bond acceptors (Lipinski definition) is 6. The molecular weight excluding hydrogens is 379 g/mol. The molecule has 26 heavy (non-hydrogen) atoms. The molecule has 1 atom stereocenters. The molecule has 0 aliphatic carbocycles. The van der Waals surface area contributed by atoms with Gasteiger partial charge < -0.3 is 13.9 Å². The van der Waals surface area contributed by atoms with E-state index in [9.17, 15) is 4.79 Å². The molecule has 6 nitrogen and oxygen atoms in total. The van der Waals surface area contributed by atoms with Crippen molar-refractivity contribution >= 4 is 29.2 Å². The van der Waals surface area contributed by atoms with Crippen molar-refractivity contribution in [1.82, 2.24) is 10.2 Å². The summed E-state index contributed by atoms with van der Waals surface area (Å²) >= 11 is 12.0. The van der Waals surface area contributed by atoms with Gasteiger partial charge in [0.05, 0.1) is 22.7 Å². The van der Waals surface area contributed by atoms with Crippen molar-refractivity contribution < 1.29 is 18.7 Å². The SMILES string of the molecule is COc1ccc(-c2nnc([C@H](C)OC(=O)c3c(Cl)cccc3Cl)o2)cc1. The van der Waals surface area contributed by atoms with E-state index >= 15 is 0 Å². The van der Waals surface area contributed by atoms with E-state index in [1.807, 2.05) is 0 Å². The van der Waals surface area contributed by atoms with Crippen molar-refractivity contribution in [3.63, 3.8) is 0 Å². The van der Waals surface area contributed by atoms with E-state index in [0.29, 0.717) is 11.6 Å². The van der Waals surface area contributed by atoms with Crippen LogP contribution in [0.5, 0.6) is 5.75 Å². The number of esters is 1. The number of aromatic nitrogens is 2. The van der Waals surface area contributed by atoms with Crippen LogP contribution in [0.4, 0.5) is 0 Å². The molecule has 0 unspecified atom stereocenters. The Morgan fingerprint density at radius 1 is 1.08 bits per heavy atom. The van der Waals surface area contributed by atoms with Gasteiger partial charge in [0.15, 0.2) is 6.10 Å². The first-order valence-corrected chi connectivity index (χ1v) is 8.38. The minimum absolute atomic E-state index is 0.0950. The standard InChI is InChI=1S/C18H14Cl2N2O4/c1-10(25-18(23)15-13(19)4-3-5-14(15)20)16-21-22-17(26-16)11-6-8-12(24-2)9-7-11/h3-10H,1-2H3/t10-/m0/s1. The van der Waals surface area contributed by atoms with Crippen LogP contribution < -0.4 is 4.74 Å². The maximum Gasteiger partial charge on any atom is 0.341 e. The Labute approximate surface area is 159 Å². The summed E-state index contributed by atoms with van der Waals surface area (Å²) in [4.78, 5) is 12.3. The fourth-order valence-corrected chi connectivity index (χ4v) is 2.76. The van der Waals surface area contributed by atoms with Gasteiger partial charge in [-0.2, -0.15) is 0 Å². The van der Waals surface area contributed by atoms with Crippen LogP contribution in [0.3, 0.4) is 0 Å². The number of carbonyl (C=O) groups is 1. The van der Waals surface area contributed by atoms with Crippen LogP contribution in [-0.2, 0) is 4.74 Å². The molecule has 0 N–H and O–H groups in total. The van der Waals surface area contributed by atoms with Gasteiger partial charge in [0.2, 0.25) is 5.89 Å². The van der Waals surface area contributed by atoms with E-state index in [2.05, 4.69) is 10.2 Å². The number of rotatable bonds is 5. The molecule has 0 bridgehead atoms. The summed E-state index contributed by atoms with van der Waals surface area (Å²) in [7, 11) is 1.58. The van der Waals surface area contributed by atoms with Crippen LogP contribution in [0.25, 0.3) is 11.5 Å². The fraction of sp³-hybridized carbons (Fsp3) is 0.167. The number of halogens is 2. The van der Waals surface area contributed by atoms with Crippen LogP contribution in [0.15, 0.2) is 46.9 Å². The van der Waals surface area contributed by atoms with Gasteiger partial charge in [-0.25, -0.2) is 4.79 Å². The predicted molar refractivity (Wildman–Crippen MR) is 96.6 cm³/mol. The fourth-order valence-electron chi connectivity index (χ4n) is 2.21. The average molecular weight is 393 g/mol. The predicted octanol–water partition coefficient (Wildman–Crippen LogP) is 4.97. The van der Waals surface area contributed by atoms with Crippen molar-refractivity contribution in [2.45, 2.75) is 13.0 Å². The van der Waals surface area contributed by atoms with Crippen LogP contribution in [0.1, 0.15) is 29.3 Å². The molecule has 2 aromatic carbocycles. The Kier molecular flexibility index (Phi) is 5.44. The molecule has 0 aliphatic rings. The van der Waals surface area contributed by atoms with E-state index in [0.717, 1.165) is 5.56 Å². The van der Waals surface area contributed by atoms with Crippen LogP contribution in [-0.4, -0.2) is 23.3 Å². The highest BCUT2D eigenvalue weighted by Gasteiger charge is 2.23. The Morgan fingerprint density at radius 3 is 2.35 bits per heavy atom. The summed E-state index contributed by atoms with van der Waals surface area (Å²) in [6.45, 7) is 1.62. The summed E-state index contributed by atoms with van der Waals surface area (Å²) in [5, 5.41) is 8.33. The summed E-state index contributed by atoms with van der Waals surface area (Å²) in [6.07, 6.45) is -0.769. The Morgan fingerprint density at radius 2 is 1.73 bits per heavy atom. The molecule has 0 amide bonds. The monoisotopic (exact) mass is 392 g/mol. The minimum Gasteiger partial charge on any atom is -0.497 e. The third-order valence-corrected chi connectivity index (χ3v) is 4.21. The molecular formula is C18H14Cl2N2O4. The lowest BCUT2D eigenvalue weighted by Gasteiger charge is -2.11. The first kappa shape index (κ1) is 18.2. The van der Waals surface area contributed by atoms with E-state index < -0.39 is 12.1 Å². The smallest absolute Gasteiger partial charge is 0.341 e. The van der Waals surface area contributed by atoms with E-state index in [1.54, 1.807) is 56.5 Å². The van der Waals surface area contributed by atoms with Crippen molar-refractivity contribution in [1.29, 1.82) is 0 Å². The molecule has 0 spiro atoms. The Bertz CT molecular complexity index is 905. The lowest BCUT2D eigenvalue weighted by molar-refractivity contribution is 0.0280. The van der Waals surface area contributed by atoms with E-state index in [4.69, 9.17) is 37.1 Å². The van der Waals surface area contributed by atoms with Gasteiger partial charge in [0.25, 0.3) is 5.89 Å². The molecule has 1 aromatic heterocycles. The van der Waals surface area contributed by atoms with Gasteiger partial charge in [-0.3, -0.25) is 0 Å². The highest BCUT2D eigenvalue weighted by molar-refractivity contribution is 6.39. The van der Waals surface area contributed by atoms with Gasteiger partial charge in [0.1, 0.15) is 5.75 Å². The van der Waals surface area contributed by atoms with E-state index in [1.165, 1.54) is 0 Å². The number of hydrogen-bond donors (Lipinski definition) is 0. The van der Waals surface area contributed by atoms with Crippen LogP contribution >= 0.6 is 23.2 Å². The molecule has 8 heteroatoms. The lowest BCUT2D eigenvalue weighted by atomic mass is 10.2. The normalized spacial score (nSPS) is 11.8. The van der Waals surface area contributed by atoms with Gasteiger partial charge in [-0.05, 0) is 43.3 Å². The maximum absolute atomic E-state index is 12.3. The second kappa shape index (κ2) is 7.76. The zero-order valence-corrected chi connectivity index (χ0v) is 15.4. The summed E-state index contributed by atoms with van der Waals surface area (Å²) in [5.41, 5.74) is 0.815. The Balaban J connectivity index is 1.75. The highest BCUT2D eigenvalue weighted by atomic mass is 35.5. The topological polar surface area (TPSA) is 74.5 Å². The number of nitrogens with zero attached hydrogens (tertiary/aromatic N) is 2. The molecule has 0 saturated carbocycles. The molecule has 3 rings (SSSR count). The second-order valence-corrected chi connectivity index (χ2v) is 6.13. The molecule has 0 fully saturated rings. The number of carbonyl (C=O) groups excluding carboxylic acids is 1. The number of methoxy groups -OCH3 is 1. The molecule has 1 heterocycles. The van der Waals surface area contributed by atoms with E-state index in [-0.39, 0.29) is 21.5 Å². The average Bonchev–Trinajstić information content (AvgIpc) is 3.12. The minimum atomic E-state index is -0.769. The Hall–Kier alpha value is -2.57. The van der Waals surface area contributed by atoms with Crippen molar-refractivity contribution in [3.8, 4) is 17.2 Å². The van der Waals surface area contributed by atoms with Gasteiger partial charge >= 0.3 is 5.97 Å². The molecule has 0 saturated heterocycles. The van der Waals surface area contributed by atoms with Gasteiger partial charge in [-0.1, -0.05) is 29.3 Å². The molecule has 3 aromatic rings. The van der Waals surface area contributed by atoms with Gasteiger partial charge in [-0.15, -0.1) is 10.2 Å². The quantitative estimate of drug-likeness (QED) is 0.570. The molecule has 0 radical (unpaired) electrons. The van der Waals surface area contributed by atoms with Crippen LogP contribution in [0, 0.1) is 0 Å². The molecule has 134 valence electrons. The summed E-state index contributed by atoms with van der Waals surface area (Å²) in [6, 6.07) is 11.9. The van der Waals surface area contributed by atoms with Gasteiger partial charge in [0, 0.05) is 5.56 Å². The van der Waals surface area contributed by atoms with Crippen molar-refractivity contribution in [2.24, 2.45) is 0 Å². The molecule has 0 aliphatic heterocycles. The van der Waals surface area contributed by atoms with Crippen LogP contribution in [0.2, 0.25) is 10.0 Å². The zero-order valence-electron chi connectivity index (χ0n) is 13.9. The highest BCUT2D eigenvalue weighted by Crippen LogP contribution is 2.28. The first-order valence-electron chi connectivity index (χ1n) is 7.62. The zero-order chi connectivity index (χ0) is 18.7. The summed E-state index contributed by atoms with van der Waals surface area (Å²) in [5.74, 6) is 0.512. The lowest BCUT2D eigenvalue weighted by Crippen LogP contribution is -2.10. The number of benzene rings is 2. The first-order chi connectivity index (χ1) is 12.5. The van der Waals surface area contributed by atoms with Crippen molar-refractivity contribution in [3.05, 3.63) is 64.0 Å². The van der Waals surface area contributed by atoms with Crippen molar-refractivity contribution in [2.75, 3.05) is 7.11 Å².